The maximum Gasteiger partial charge on any atom is 0.277 e. The molecular weight excluding hydrogens is 548 g/mol. The fraction of sp³-hybridized carbons (Fsp3) is 0.172. The van der Waals surface area contributed by atoms with Gasteiger partial charge in [-0.3, -0.25) is 14.5 Å². The highest BCUT2D eigenvalue weighted by atomic mass is 32.2. The molecule has 1 fully saturated rings. The van der Waals surface area contributed by atoms with Crippen LogP contribution in [-0.2, 0) is 9.59 Å². The number of nitrogens with zero attached hydrogens (tertiary/aromatic N) is 2. The van der Waals surface area contributed by atoms with E-state index in [9.17, 15) is 9.59 Å². The van der Waals surface area contributed by atoms with E-state index in [1.54, 1.807) is 67.7 Å². The molecular formula is C29H28N4O5S2. The van der Waals surface area contributed by atoms with Gasteiger partial charge in [0.2, 0.25) is 0 Å². The van der Waals surface area contributed by atoms with Crippen molar-refractivity contribution in [2.45, 2.75) is 6.92 Å². The lowest BCUT2D eigenvalue weighted by Crippen LogP contribution is -2.33. The summed E-state index contributed by atoms with van der Waals surface area (Å²) in [7, 11) is 3.10. The maximum absolute atomic E-state index is 12.9. The van der Waals surface area contributed by atoms with Gasteiger partial charge < -0.3 is 19.5 Å². The number of carbonyl (C=O) groups is 2. The molecule has 0 aliphatic carbocycles. The molecule has 40 heavy (non-hydrogen) atoms. The number of anilines is 1. The van der Waals surface area contributed by atoms with Crippen molar-refractivity contribution in [3.05, 3.63) is 88.3 Å². The Balaban J connectivity index is 1.26. The van der Waals surface area contributed by atoms with Crippen LogP contribution in [0.2, 0.25) is 0 Å². The lowest BCUT2D eigenvalue weighted by Gasteiger charge is -2.17. The van der Waals surface area contributed by atoms with Crippen LogP contribution in [0.5, 0.6) is 17.2 Å². The molecule has 9 nitrogen and oxygen atoms in total. The zero-order valence-electron chi connectivity index (χ0n) is 22.2. The number of methoxy groups -OCH3 is 2. The Labute approximate surface area is 242 Å². The molecule has 3 aromatic rings. The average Bonchev–Trinajstić information content (AvgIpc) is 3.23. The summed E-state index contributed by atoms with van der Waals surface area (Å²) in [5.74, 6) is 1.10. The highest BCUT2D eigenvalue weighted by molar-refractivity contribution is 8.26. The van der Waals surface area contributed by atoms with E-state index in [-0.39, 0.29) is 12.5 Å². The number of thiocarbonyl (C=S) groups is 1. The number of benzene rings is 3. The summed E-state index contributed by atoms with van der Waals surface area (Å²) in [6.07, 6.45) is 3.28. The first kappa shape index (κ1) is 28.7. The molecule has 4 rings (SSSR count). The van der Waals surface area contributed by atoms with Crippen molar-refractivity contribution in [1.82, 2.24) is 10.3 Å². The number of para-hydroxylation sites is 1. The summed E-state index contributed by atoms with van der Waals surface area (Å²) in [6.45, 7) is 2.08. The van der Waals surface area contributed by atoms with Crippen molar-refractivity contribution in [1.29, 1.82) is 0 Å². The molecule has 1 aliphatic rings. The van der Waals surface area contributed by atoms with Gasteiger partial charge in [-0.05, 0) is 66.1 Å². The second-order valence-corrected chi connectivity index (χ2v) is 10.2. The number of carbonyl (C=O) groups excluding carboxylic acids is 2. The minimum absolute atomic E-state index is 0.151. The van der Waals surface area contributed by atoms with Gasteiger partial charge >= 0.3 is 0 Å². The van der Waals surface area contributed by atoms with Gasteiger partial charge in [0.15, 0.2) is 18.1 Å². The quantitative estimate of drug-likeness (QED) is 0.145. The lowest BCUT2D eigenvalue weighted by molar-refractivity contribution is -0.123. The number of ether oxygens (including phenoxy) is 3. The van der Waals surface area contributed by atoms with E-state index in [1.807, 2.05) is 31.2 Å². The summed E-state index contributed by atoms with van der Waals surface area (Å²) in [5, 5.41) is 7.22. The summed E-state index contributed by atoms with van der Waals surface area (Å²) in [5.41, 5.74) is 6.01. The van der Waals surface area contributed by atoms with Gasteiger partial charge in [0.05, 0.1) is 32.0 Å². The van der Waals surface area contributed by atoms with Gasteiger partial charge in [-0.15, -0.1) is 0 Å². The van der Waals surface area contributed by atoms with E-state index < -0.39 is 5.91 Å². The molecule has 1 heterocycles. The Hall–Kier alpha value is -4.35. The third-order valence-electron chi connectivity index (χ3n) is 5.80. The van der Waals surface area contributed by atoms with Crippen LogP contribution in [0, 0.1) is 6.92 Å². The normalized spacial score (nSPS) is 14.1. The van der Waals surface area contributed by atoms with Crippen LogP contribution in [0.25, 0.3) is 6.08 Å². The molecule has 1 saturated heterocycles. The second kappa shape index (κ2) is 13.6. The molecule has 11 heteroatoms. The van der Waals surface area contributed by atoms with Crippen LogP contribution in [0.15, 0.2) is 76.7 Å². The third kappa shape index (κ3) is 7.39. The molecule has 2 N–H and O–H groups in total. The Kier molecular flexibility index (Phi) is 9.76. The molecule has 0 atom stereocenters. The van der Waals surface area contributed by atoms with Crippen molar-refractivity contribution in [2.75, 3.05) is 32.8 Å². The van der Waals surface area contributed by atoms with E-state index in [0.717, 1.165) is 22.4 Å². The van der Waals surface area contributed by atoms with E-state index in [4.69, 9.17) is 26.4 Å². The van der Waals surface area contributed by atoms with Crippen molar-refractivity contribution < 1.29 is 23.8 Å². The van der Waals surface area contributed by atoms with Crippen molar-refractivity contribution in [3.8, 4) is 17.2 Å². The van der Waals surface area contributed by atoms with Crippen LogP contribution in [0.4, 0.5) is 5.69 Å². The molecule has 2 amide bonds. The van der Waals surface area contributed by atoms with Gasteiger partial charge in [-0.1, -0.05) is 54.3 Å². The number of hydrazone groups is 1. The molecule has 0 saturated carbocycles. The number of thioether (sulfide) groups is 1. The number of hydrogen-bond donors (Lipinski definition) is 2. The fourth-order valence-corrected chi connectivity index (χ4v) is 4.93. The zero-order chi connectivity index (χ0) is 28.5. The molecule has 0 unspecified atom stereocenters. The fourth-order valence-electron chi connectivity index (χ4n) is 3.68. The number of rotatable bonds is 11. The first-order valence-corrected chi connectivity index (χ1v) is 13.4. The first-order valence-electron chi connectivity index (χ1n) is 12.2. The lowest BCUT2D eigenvalue weighted by atomic mass is 10.2. The highest BCUT2D eigenvalue weighted by Gasteiger charge is 2.31. The zero-order valence-corrected chi connectivity index (χ0v) is 23.8. The Morgan fingerprint density at radius 1 is 1.02 bits per heavy atom. The number of aryl methyl sites for hydroxylation is 1. The van der Waals surface area contributed by atoms with Gasteiger partial charge in [0.1, 0.15) is 10.1 Å². The smallest absolute Gasteiger partial charge is 0.277 e. The summed E-state index contributed by atoms with van der Waals surface area (Å²) < 4.78 is 16.5. The molecule has 0 spiro atoms. The first-order chi connectivity index (χ1) is 19.4. The summed E-state index contributed by atoms with van der Waals surface area (Å²) in [6, 6.07) is 20.2. The second-order valence-electron chi connectivity index (χ2n) is 8.52. The molecule has 0 bridgehead atoms. The Morgan fingerprint density at radius 2 is 1.75 bits per heavy atom. The standard InChI is InChI=1S/C29H28N4O5S2/c1-19-6-4-5-7-23(19)30-18-33-28(35)26(40-29(33)39)15-20-8-11-22(12-9-20)38-17-27(34)32-31-16-21-10-13-24(36-2)25(14-21)37-3/h4-16,30H,17-18H2,1-3H3,(H,32,34)/b26-15-,31-16+. The molecule has 0 radical (unpaired) electrons. The maximum atomic E-state index is 12.9. The van der Waals surface area contributed by atoms with Crippen molar-refractivity contribution in [3.63, 3.8) is 0 Å². The number of hydrogen-bond acceptors (Lipinski definition) is 9. The van der Waals surface area contributed by atoms with E-state index in [2.05, 4.69) is 15.8 Å². The highest BCUT2D eigenvalue weighted by Crippen LogP contribution is 2.33. The van der Waals surface area contributed by atoms with E-state index in [1.165, 1.54) is 18.0 Å². The molecule has 1 aliphatic heterocycles. The van der Waals surface area contributed by atoms with Gasteiger partial charge in [-0.25, -0.2) is 5.43 Å². The van der Waals surface area contributed by atoms with Crippen molar-refractivity contribution in [2.24, 2.45) is 5.10 Å². The largest absolute Gasteiger partial charge is 0.493 e. The number of amides is 2. The van der Waals surface area contributed by atoms with Crippen LogP contribution < -0.4 is 25.0 Å². The third-order valence-corrected chi connectivity index (χ3v) is 7.18. The van der Waals surface area contributed by atoms with Crippen LogP contribution in [0.1, 0.15) is 16.7 Å². The predicted molar refractivity (Wildman–Crippen MR) is 162 cm³/mol. The Bertz CT molecular complexity index is 1460. The molecule has 3 aromatic carbocycles. The van der Waals surface area contributed by atoms with Gasteiger partial charge in [0.25, 0.3) is 11.8 Å². The van der Waals surface area contributed by atoms with Gasteiger partial charge in [-0.2, -0.15) is 5.10 Å². The predicted octanol–water partition coefficient (Wildman–Crippen LogP) is 4.81. The monoisotopic (exact) mass is 576 g/mol. The van der Waals surface area contributed by atoms with Crippen LogP contribution >= 0.6 is 24.0 Å². The van der Waals surface area contributed by atoms with Crippen LogP contribution in [0.3, 0.4) is 0 Å². The van der Waals surface area contributed by atoms with Gasteiger partial charge in [0, 0.05) is 5.69 Å². The van der Waals surface area contributed by atoms with Crippen LogP contribution in [-0.4, -0.2) is 54.7 Å². The minimum atomic E-state index is -0.413. The van der Waals surface area contributed by atoms with E-state index in [0.29, 0.717) is 33.1 Å². The van der Waals surface area contributed by atoms with E-state index >= 15 is 0 Å². The Morgan fingerprint density at radius 3 is 2.48 bits per heavy atom. The van der Waals surface area contributed by atoms with Crippen molar-refractivity contribution >= 4 is 58.1 Å². The molecule has 206 valence electrons. The SMILES string of the molecule is COc1ccc(/C=N/NC(=O)COc2ccc(/C=C3\SC(=S)N(CNc4ccccc4C)C3=O)cc2)cc1OC. The summed E-state index contributed by atoms with van der Waals surface area (Å²) in [4.78, 5) is 27.1. The average molecular weight is 577 g/mol. The molecule has 0 aromatic heterocycles. The number of nitrogens with one attached hydrogen (secondary N) is 2. The topological polar surface area (TPSA) is 101 Å². The minimum Gasteiger partial charge on any atom is -0.493 e. The summed E-state index contributed by atoms with van der Waals surface area (Å²) >= 11 is 6.69.